The fourth-order valence-electron chi connectivity index (χ4n) is 2.91. The van der Waals surface area contributed by atoms with Crippen molar-refractivity contribution in [2.75, 3.05) is 0 Å². The summed E-state index contributed by atoms with van der Waals surface area (Å²) in [6.07, 6.45) is 7.27. The second-order valence-corrected chi connectivity index (χ2v) is 6.64. The minimum Gasteiger partial charge on any atom is -0.241 e. The molecule has 1 nitrogen and oxygen atoms in total. The zero-order valence-corrected chi connectivity index (χ0v) is 13.7. The number of aromatic nitrogens is 1. The average Bonchev–Trinajstić information content (AvgIpc) is 2.41. The van der Waals surface area contributed by atoms with E-state index in [1.54, 1.807) is 0 Å². The maximum absolute atomic E-state index is 6.24. The van der Waals surface area contributed by atoms with Gasteiger partial charge in [-0.15, -0.1) is 0 Å². The summed E-state index contributed by atoms with van der Waals surface area (Å²) in [5, 5.41) is 0.613. The first kappa shape index (κ1) is 14.1. The first-order valence-electron chi connectivity index (χ1n) is 7.18. The molecule has 20 heavy (non-hydrogen) atoms. The van der Waals surface area contributed by atoms with E-state index < -0.39 is 0 Å². The van der Waals surface area contributed by atoms with E-state index in [0.717, 1.165) is 17.3 Å². The van der Waals surface area contributed by atoms with Gasteiger partial charge in [-0.2, -0.15) is 0 Å². The van der Waals surface area contributed by atoms with Crippen LogP contribution in [0.15, 0.2) is 34.8 Å². The zero-order valence-electron chi connectivity index (χ0n) is 11.3. The maximum atomic E-state index is 6.24. The summed E-state index contributed by atoms with van der Waals surface area (Å²) in [5.74, 6) is 0. The summed E-state index contributed by atoms with van der Waals surface area (Å²) in [5.41, 5.74) is 5.09. The van der Waals surface area contributed by atoms with E-state index in [2.05, 4.69) is 45.2 Å². The van der Waals surface area contributed by atoms with Crippen molar-refractivity contribution in [2.45, 2.75) is 38.5 Å². The number of rotatable bonds is 1. The van der Waals surface area contributed by atoms with Gasteiger partial charge in [0.1, 0.15) is 5.15 Å². The smallest absolute Gasteiger partial charge is 0.129 e. The lowest BCUT2D eigenvalue weighted by Gasteiger charge is -2.17. The third kappa shape index (κ3) is 3.07. The topological polar surface area (TPSA) is 12.9 Å². The highest BCUT2D eigenvalue weighted by atomic mass is 79.9. The summed E-state index contributed by atoms with van der Waals surface area (Å²) in [6, 6.07) is 10.5. The van der Waals surface area contributed by atoms with Gasteiger partial charge in [0, 0.05) is 10.2 Å². The van der Waals surface area contributed by atoms with E-state index in [-0.39, 0.29) is 0 Å². The molecule has 0 radical (unpaired) electrons. The van der Waals surface area contributed by atoms with Crippen LogP contribution < -0.4 is 0 Å². The minimum atomic E-state index is 0.613. The Hall–Kier alpha value is -0.860. The summed E-state index contributed by atoms with van der Waals surface area (Å²) in [6.45, 7) is 0. The highest BCUT2D eigenvalue weighted by Gasteiger charge is 2.15. The second kappa shape index (κ2) is 6.28. The second-order valence-electron chi connectivity index (χ2n) is 5.34. The van der Waals surface area contributed by atoms with Gasteiger partial charge >= 0.3 is 0 Å². The van der Waals surface area contributed by atoms with Crippen LogP contribution in [0.2, 0.25) is 5.15 Å². The monoisotopic (exact) mass is 349 g/mol. The Balaban J connectivity index is 2.11. The molecule has 3 heteroatoms. The van der Waals surface area contributed by atoms with Crippen LogP contribution in [0, 0.1) is 0 Å². The van der Waals surface area contributed by atoms with Gasteiger partial charge in [0.05, 0.1) is 0 Å². The van der Waals surface area contributed by atoms with E-state index in [1.165, 1.54) is 48.1 Å². The Kier molecular flexibility index (Phi) is 4.42. The number of nitrogens with zero attached hydrogens (tertiary/aromatic N) is 1. The third-order valence-corrected chi connectivity index (χ3v) is 4.65. The molecule has 1 aromatic carbocycles. The van der Waals surface area contributed by atoms with Crippen LogP contribution in [0.1, 0.15) is 36.9 Å². The quantitative estimate of drug-likeness (QED) is 0.590. The van der Waals surface area contributed by atoms with Crippen LogP contribution in [0.4, 0.5) is 0 Å². The molecule has 0 N–H and O–H groups in total. The molecular formula is C17H17BrClN. The molecule has 0 atom stereocenters. The van der Waals surface area contributed by atoms with Gasteiger partial charge in [-0.05, 0) is 60.6 Å². The predicted molar refractivity (Wildman–Crippen MR) is 88.3 cm³/mol. The van der Waals surface area contributed by atoms with Crippen molar-refractivity contribution in [3.05, 3.63) is 51.2 Å². The predicted octanol–water partition coefficient (Wildman–Crippen LogP) is 5.82. The van der Waals surface area contributed by atoms with Gasteiger partial charge in [-0.25, -0.2) is 4.98 Å². The number of fused-ring (bicyclic) bond motifs is 1. The molecular weight excluding hydrogens is 334 g/mol. The molecule has 1 aliphatic carbocycles. The van der Waals surface area contributed by atoms with Gasteiger partial charge < -0.3 is 0 Å². The molecule has 0 aliphatic heterocycles. The van der Waals surface area contributed by atoms with E-state index in [0.29, 0.717) is 5.15 Å². The lowest BCUT2D eigenvalue weighted by molar-refractivity contribution is 0.609. The van der Waals surface area contributed by atoms with Crippen molar-refractivity contribution in [1.82, 2.24) is 4.98 Å². The first-order valence-corrected chi connectivity index (χ1v) is 8.35. The molecule has 2 aromatic rings. The van der Waals surface area contributed by atoms with Gasteiger partial charge in [0.15, 0.2) is 0 Å². The normalized spacial score (nSPS) is 15.3. The molecule has 1 aliphatic rings. The number of pyridine rings is 1. The van der Waals surface area contributed by atoms with Crippen molar-refractivity contribution in [3.8, 4) is 11.1 Å². The van der Waals surface area contributed by atoms with Crippen LogP contribution in [0.25, 0.3) is 11.1 Å². The molecule has 1 aromatic heterocycles. The molecule has 0 amide bonds. The molecule has 0 saturated carbocycles. The fraction of sp³-hybridized carbons (Fsp3) is 0.353. The number of benzene rings is 1. The molecule has 0 spiro atoms. The summed E-state index contributed by atoms with van der Waals surface area (Å²) < 4.78 is 1.10. The Labute approximate surface area is 133 Å². The Morgan fingerprint density at radius 1 is 0.950 bits per heavy atom. The lowest BCUT2D eigenvalue weighted by Crippen LogP contribution is -2.05. The van der Waals surface area contributed by atoms with Crippen molar-refractivity contribution in [3.63, 3.8) is 0 Å². The number of aryl methyl sites for hydroxylation is 1. The highest BCUT2D eigenvalue weighted by Crippen LogP contribution is 2.32. The Bertz CT molecular complexity index is 607. The van der Waals surface area contributed by atoms with Gasteiger partial charge in [0.25, 0.3) is 0 Å². The van der Waals surface area contributed by atoms with E-state index in [9.17, 15) is 0 Å². The average molecular weight is 351 g/mol. The Morgan fingerprint density at radius 2 is 1.65 bits per heavy atom. The van der Waals surface area contributed by atoms with Crippen molar-refractivity contribution < 1.29 is 0 Å². The summed E-state index contributed by atoms with van der Waals surface area (Å²) >= 11 is 9.73. The number of halogens is 2. The molecule has 104 valence electrons. The molecule has 0 saturated heterocycles. The summed E-state index contributed by atoms with van der Waals surface area (Å²) in [7, 11) is 0. The Morgan fingerprint density at radius 3 is 2.40 bits per heavy atom. The third-order valence-electron chi connectivity index (χ3n) is 3.92. The van der Waals surface area contributed by atoms with Gasteiger partial charge in [0.2, 0.25) is 0 Å². The van der Waals surface area contributed by atoms with Gasteiger partial charge in [-0.3, -0.25) is 0 Å². The van der Waals surface area contributed by atoms with Crippen LogP contribution in [-0.2, 0) is 12.8 Å². The number of hydrogen-bond acceptors (Lipinski definition) is 1. The molecule has 3 rings (SSSR count). The van der Waals surface area contributed by atoms with Crippen LogP contribution >= 0.6 is 27.5 Å². The molecule has 0 unspecified atom stereocenters. The molecule has 0 bridgehead atoms. The van der Waals surface area contributed by atoms with E-state index in [1.807, 2.05) is 6.07 Å². The first-order chi connectivity index (χ1) is 9.74. The summed E-state index contributed by atoms with van der Waals surface area (Å²) in [4.78, 5) is 4.58. The van der Waals surface area contributed by atoms with Crippen molar-refractivity contribution >= 4 is 27.5 Å². The fourth-order valence-corrected chi connectivity index (χ4v) is 3.39. The lowest BCUT2D eigenvalue weighted by atomic mass is 9.91. The molecule has 1 heterocycles. The standard InChI is InChI=1S/C17H17BrClN/c18-13-9-7-12(8-10-13)15-11-17(19)20-16-6-4-2-1-3-5-14(15)16/h7-11H,1-6H2. The number of hydrogen-bond donors (Lipinski definition) is 0. The zero-order chi connectivity index (χ0) is 13.9. The van der Waals surface area contributed by atoms with E-state index in [4.69, 9.17) is 11.6 Å². The minimum absolute atomic E-state index is 0.613. The van der Waals surface area contributed by atoms with Crippen molar-refractivity contribution in [1.29, 1.82) is 0 Å². The van der Waals surface area contributed by atoms with Crippen LogP contribution in [0.5, 0.6) is 0 Å². The van der Waals surface area contributed by atoms with Crippen molar-refractivity contribution in [2.24, 2.45) is 0 Å². The highest BCUT2D eigenvalue weighted by molar-refractivity contribution is 9.10. The van der Waals surface area contributed by atoms with Crippen LogP contribution in [-0.4, -0.2) is 4.98 Å². The maximum Gasteiger partial charge on any atom is 0.129 e. The SMILES string of the molecule is Clc1cc(-c2ccc(Br)cc2)c2c(n1)CCCCCC2. The largest absolute Gasteiger partial charge is 0.241 e. The van der Waals surface area contributed by atoms with E-state index >= 15 is 0 Å². The van der Waals surface area contributed by atoms with Crippen LogP contribution in [0.3, 0.4) is 0 Å². The molecule has 0 fully saturated rings. The van der Waals surface area contributed by atoms with Gasteiger partial charge in [-0.1, -0.05) is 52.5 Å².